The van der Waals surface area contributed by atoms with Gasteiger partial charge >= 0.3 is 0 Å². The van der Waals surface area contributed by atoms with E-state index in [1.54, 1.807) is 19.0 Å². The maximum atomic E-state index is 13.0. The Bertz CT molecular complexity index is 845. The number of fused-ring (bicyclic) bond motifs is 1. The second-order valence-corrected chi connectivity index (χ2v) is 8.68. The van der Waals surface area contributed by atoms with Crippen LogP contribution in [-0.2, 0) is 16.1 Å². The summed E-state index contributed by atoms with van der Waals surface area (Å²) in [7, 11) is 3.55. The molecule has 2 aromatic rings. The molecule has 0 radical (unpaired) electrons. The third-order valence-electron chi connectivity index (χ3n) is 6.24. The minimum atomic E-state index is -0.574. The number of carbonyl (C=O) groups is 2. The van der Waals surface area contributed by atoms with Crippen LogP contribution in [-0.4, -0.2) is 39.6 Å². The van der Waals surface area contributed by atoms with Crippen LogP contribution in [0.15, 0.2) is 18.2 Å². The van der Waals surface area contributed by atoms with Crippen molar-refractivity contribution in [2.75, 3.05) is 14.1 Å². The lowest BCUT2D eigenvalue weighted by molar-refractivity contribution is -0.142. The third-order valence-corrected chi connectivity index (χ3v) is 6.79. The van der Waals surface area contributed by atoms with Gasteiger partial charge in [0.25, 0.3) is 0 Å². The Kier molecular flexibility index (Phi) is 4.77. The molecule has 0 aliphatic heterocycles. The van der Waals surface area contributed by atoms with Gasteiger partial charge in [0.1, 0.15) is 11.0 Å². The van der Waals surface area contributed by atoms with Gasteiger partial charge in [0.15, 0.2) is 0 Å². The van der Waals surface area contributed by atoms with E-state index in [0.29, 0.717) is 13.0 Å². The van der Waals surface area contributed by atoms with Gasteiger partial charge in [-0.25, -0.2) is 0 Å². The van der Waals surface area contributed by atoms with E-state index in [1.807, 2.05) is 39.0 Å². The Morgan fingerprint density at radius 2 is 1.92 bits per heavy atom. The van der Waals surface area contributed by atoms with Crippen molar-refractivity contribution >= 4 is 34.6 Å². The molecule has 1 fully saturated rings. The Labute approximate surface area is 158 Å². The zero-order chi connectivity index (χ0) is 19.1. The molecule has 1 N–H and O–H groups in total. The van der Waals surface area contributed by atoms with E-state index in [2.05, 4.69) is 14.1 Å². The number of amides is 2. The van der Waals surface area contributed by atoms with Crippen LogP contribution in [0.5, 0.6) is 0 Å². The smallest absolute Gasteiger partial charge is 0.226 e. The monoisotopic (exact) mass is 374 g/mol. The highest BCUT2D eigenvalue weighted by Gasteiger charge is 2.58. The molecule has 6 nitrogen and oxygen atoms in total. The fourth-order valence-electron chi connectivity index (χ4n) is 3.97. The van der Waals surface area contributed by atoms with Crippen LogP contribution in [0.25, 0.3) is 11.0 Å². The molecule has 3 rings (SSSR count). The van der Waals surface area contributed by atoms with Gasteiger partial charge < -0.3 is 10.2 Å². The molecule has 140 valence electrons. The number of nitrogens with zero attached hydrogens (tertiary/aromatic N) is 3. The van der Waals surface area contributed by atoms with Gasteiger partial charge in [0, 0.05) is 26.6 Å². The predicted octanol–water partition coefficient (Wildman–Crippen LogP) is 2.84. The van der Waals surface area contributed by atoms with Crippen molar-refractivity contribution in [3.05, 3.63) is 23.8 Å². The molecule has 26 heavy (non-hydrogen) atoms. The van der Waals surface area contributed by atoms with Crippen molar-refractivity contribution in [1.29, 1.82) is 0 Å². The summed E-state index contributed by atoms with van der Waals surface area (Å²) in [6.07, 6.45) is 1.45. The van der Waals surface area contributed by atoms with Gasteiger partial charge in [-0.05, 0) is 36.0 Å². The van der Waals surface area contributed by atoms with Crippen molar-refractivity contribution in [3.63, 3.8) is 0 Å². The second-order valence-electron chi connectivity index (χ2n) is 8.15. The molecule has 1 aromatic heterocycles. The fraction of sp³-hybridized carbons (Fsp3) is 0.579. The first-order valence-electron chi connectivity index (χ1n) is 8.87. The largest absolute Gasteiger partial charge is 0.352 e. The topological polar surface area (TPSA) is 75.2 Å². The molecule has 1 saturated carbocycles. The van der Waals surface area contributed by atoms with Crippen LogP contribution in [0.2, 0.25) is 0 Å². The zero-order valence-electron chi connectivity index (χ0n) is 16.0. The van der Waals surface area contributed by atoms with Crippen LogP contribution >= 0.6 is 11.7 Å². The van der Waals surface area contributed by atoms with Crippen molar-refractivity contribution in [2.45, 2.75) is 40.2 Å². The molecule has 0 saturated heterocycles. The van der Waals surface area contributed by atoms with E-state index >= 15 is 0 Å². The molecule has 1 aliphatic rings. The Hall–Kier alpha value is -2.02. The lowest BCUT2D eigenvalue weighted by atomic mass is 9.65. The van der Waals surface area contributed by atoms with Gasteiger partial charge in [-0.15, -0.1) is 0 Å². The number of rotatable bonds is 4. The highest BCUT2D eigenvalue weighted by Crippen LogP contribution is 2.56. The van der Waals surface area contributed by atoms with Gasteiger partial charge in [-0.3, -0.25) is 9.59 Å². The normalized spacial score (nSPS) is 24.6. The molecular formula is C19H26N4O2S. The van der Waals surface area contributed by atoms with Crippen molar-refractivity contribution in [1.82, 2.24) is 19.0 Å². The molecule has 1 aliphatic carbocycles. The quantitative estimate of drug-likeness (QED) is 0.893. The summed E-state index contributed by atoms with van der Waals surface area (Å²) < 4.78 is 8.44. The highest BCUT2D eigenvalue weighted by atomic mass is 32.1. The van der Waals surface area contributed by atoms with Crippen LogP contribution in [0, 0.1) is 16.7 Å². The summed E-state index contributed by atoms with van der Waals surface area (Å²) in [6, 6.07) is 5.84. The summed E-state index contributed by atoms with van der Waals surface area (Å²) in [6.45, 7) is 6.51. The van der Waals surface area contributed by atoms with Crippen LogP contribution in [0.1, 0.15) is 39.2 Å². The lowest BCUT2D eigenvalue weighted by Gasteiger charge is -2.40. The number of hydrogen-bond acceptors (Lipinski definition) is 5. The van der Waals surface area contributed by atoms with Crippen LogP contribution in [0.3, 0.4) is 0 Å². The number of nitrogens with one attached hydrogen (secondary N) is 1. The lowest BCUT2D eigenvalue weighted by Crippen LogP contribution is -2.49. The first-order valence-corrected chi connectivity index (χ1v) is 9.60. The molecular weight excluding hydrogens is 348 g/mol. The maximum absolute atomic E-state index is 13.0. The van der Waals surface area contributed by atoms with E-state index in [1.165, 1.54) is 11.7 Å². The number of aromatic nitrogens is 2. The summed E-state index contributed by atoms with van der Waals surface area (Å²) in [5.41, 5.74) is 1.75. The third kappa shape index (κ3) is 2.98. The second kappa shape index (κ2) is 6.61. The molecule has 1 unspecified atom stereocenters. The first kappa shape index (κ1) is 18.8. The SMILES string of the molecule is CN(C)C(=O)C1CC[C@](C)(C(=O)NCc2ccc3nsnc3c2)C1(C)C. The standard InChI is InChI=1S/C19H26N4O2S/c1-18(2)13(16(24)23(4)5)8-9-19(18,3)17(25)20-11-12-6-7-14-15(10-12)22-26-21-14/h6-7,10,13H,8-9,11H2,1-5H3,(H,20,25)/t13?,19-/m1/s1. The van der Waals surface area contributed by atoms with E-state index in [9.17, 15) is 9.59 Å². The van der Waals surface area contributed by atoms with Crippen molar-refractivity contribution in [2.24, 2.45) is 16.7 Å². The fourth-order valence-corrected chi connectivity index (χ4v) is 4.48. The van der Waals surface area contributed by atoms with E-state index in [-0.39, 0.29) is 17.7 Å². The summed E-state index contributed by atoms with van der Waals surface area (Å²) in [4.78, 5) is 27.2. The Balaban J connectivity index is 1.73. The highest BCUT2D eigenvalue weighted by molar-refractivity contribution is 7.00. The van der Waals surface area contributed by atoms with Crippen LogP contribution in [0.4, 0.5) is 0 Å². The van der Waals surface area contributed by atoms with Gasteiger partial charge in [-0.2, -0.15) is 8.75 Å². The maximum Gasteiger partial charge on any atom is 0.226 e. The molecule has 7 heteroatoms. The number of benzene rings is 1. The molecule has 2 atom stereocenters. The summed E-state index contributed by atoms with van der Waals surface area (Å²) in [5.74, 6) is -0.0215. The number of carbonyl (C=O) groups excluding carboxylic acids is 2. The first-order chi connectivity index (χ1) is 12.2. The average molecular weight is 375 g/mol. The molecule has 0 bridgehead atoms. The summed E-state index contributed by atoms with van der Waals surface area (Å²) >= 11 is 1.19. The minimum absolute atomic E-state index is 0.00746. The van der Waals surface area contributed by atoms with Gasteiger partial charge in [0.05, 0.1) is 17.1 Å². The molecule has 1 aromatic carbocycles. The van der Waals surface area contributed by atoms with Crippen molar-refractivity contribution < 1.29 is 9.59 Å². The summed E-state index contributed by atoms with van der Waals surface area (Å²) in [5, 5.41) is 3.07. The minimum Gasteiger partial charge on any atom is -0.352 e. The van der Waals surface area contributed by atoms with Gasteiger partial charge in [-0.1, -0.05) is 26.8 Å². The molecule has 0 spiro atoms. The zero-order valence-corrected chi connectivity index (χ0v) is 16.8. The van der Waals surface area contributed by atoms with E-state index in [0.717, 1.165) is 23.0 Å². The Morgan fingerprint density at radius 1 is 1.23 bits per heavy atom. The predicted molar refractivity (Wildman–Crippen MR) is 103 cm³/mol. The Morgan fingerprint density at radius 3 is 2.62 bits per heavy atom. The van der Waals surface area contributed by atoms with E-state index in [4.69, 9.17) is 0 Å². The molecule has 1 heterocycles. The van der Waals surface area contributed by atoms with Crippen molar-refractivity contribution in [3.8, 4) is 0 Å². The molecule has 2 amide bonds. The van der Waals surface area contributed by atoms with E-state index < -0.39 is 10.8 Å². The average Bonchev–Trinajstić information content (AvgIpc) is 3.14. The number of hydrogen-bond donors (Lipinski definition) is 1. The van der Waals surface area contributed by atoms with Crippen LogP contribution < -0.4 is 5.32 Å². The van der Waals surface area contributed by atoms with Gasteiger partial charge in [0.2, 0.25) is 11.8 Å².